The molecule has 0 saturated heterocycles. The van der Waals surface area contributed by atoms with Crippen LogP contribution in [0.2, 0.25) is 0 Å². The second kappa shape index (κ2) is 8.42. The molecule has 0 saturated carbocycles. The van der Waals surface area contributed by atoms with Gasteiger partial charge in [0, 0.05) is 24.0 Å². The standard InChI is InChI=1S/C21H23FN6OS/c1-12-7-13(9-23)10-25-18(12)19(29)26-14-5-6-16(22)15(8-14)17-11-28(4)30-21(2,3)20(24)27-17/h5-8,10,17H,11H2,1-4H3,(H2,24,27)(H,26,29). The molecule has 1 amide bonds. The van der Waals surface area contributed by atoms with Crippen LogP contribution in [0.1, 0.15) is 47.1 Å². The minimum absolute atomic E-state index is 0.203. The van der Waals surface area contributed by atoms with E-state index in [1.54, 1.807) is 31.0 Å². The smallest absolute Gasteiger partial charge is 0.274 e. The summed E-state index contributed by atoms with van der Waals surface area (Å²) < 4.78 is 16.2. The van der Waals surface area contributed by atoms with Crippen LogP contribution < -0.4 is 11.1 Å². The van der Waals surface area contributed by atoms with E-state index in [1.165, 1.54) is 18.3 Å². The van der Waals surface area contributed by atoms with Gasteiger partial charge >= 0.3 is 0 Å². The fourth-order valence-corrected chi connectivity index (χ4v) is 4.33. The number of nitrogens with one attached hydrogen (secondary N) is 1. The van der Waals surface area contributed by atoms with Crippen LogP contribution in [0.4, 0.5) is 10.1 Å². The maximum atomic E-state index is 14.7. The van der Waals surface area contributed by atoms with Gasteiger partial charge in [-0.1, -0.05) is 11.9 Å². The Balaban J connectivity index is 1.89. The minimum Gasteiger partial charge on any atom is -0.386 e. The highest BCUT2D eigenvalue weighted by Gasteiger charge is 2.32. The fraction of sp³-hybridized carbons (Fsp3) is 0.333. The van der Waals surface area contributed by atoms with Crippen LogP contribution in [0, 0.1) is 24.1 Å². The van der Waals surface area contributed by atoms with Crippen molar-refractivity contribution < 1.29 is 9.18 Å². The Morgan fingerprint density at radius 1 is 1.43 bits per heavy atom. The average Bonchev–Trinajstić information content (AvgIpc) is 2.77. The van der Waals surface area contributed by atoms with Gasteiger partial charge in [-0.2, -0.15) is 5.26 Å². The van der Waals surface area contributed by atoms with Gasteiger partial charge in [0.1, 0.15) is 23.4 Å². The van der Waals surface area contributed by atoms with Crippen molar-refractivity contribution in [3.8, 4) is 6.07 Å². The quantitative estimate of drug-likeness (QED) is 0.728. The number of nitriles is 1. The van der Waals surface area contributed by atoms with E-state index >= 15 is 0 Å². The number of hydrogen-bond donors (Lipinski definition) is 2. The van der Waals surface area contributed by atoms with E-state index in [-0.39, 0.29) is 5.69 Å². The average molecular weight is 427 g/mol. The number of amidine groups is 1. The van der Waals surface area contributed by atoms with E-state index in [2.05, 4.69) is 15.3 Å². The van der Waals surface area contributed by atoms with E-state index in [9.17, 15) is 9.18 Å². The van der Waals surface area contributed by atoms with E-state index in [0.29, 0.717) is 34.8 Å². The molecule has 0 fully saturated rings. The van der Waals surface area contributed by atoms with Crippen molar-refractivity contribution in [3.63, 3.8) is 0 Å². The molecule has 2 heterocycles. The maximum Gasteiger partial charge on any atom is 0.274 e. The number of anilines is 1. The number of amides is 1. The zero-order valence-electron chi connectivity index (χ0n) is 17.2. The molecular formula is C21H23FN6OS. The molecule has 30 heavy (non-hydrogen) atoms. The molecule has 1 atom stereocenters. The first kappa shape index (κ1) is 21.7. The number of benzene rings is 1. The number of halogens is 1. The number of hydrogen-bond acceptors (Lipinski definition) is 7. The molecule has 0 aliphatic carbocycles. The van der Waals surface area contributed by atoms with Crippen molar-refractivity contribution in [3.05, 3.63) is 58.7 Å². The highest BCUT2D eigenvalue weighted by atomic mass is 32.2. The summed E-state index contributed by atoms with van der Waals surface area (Å²) in [6.45, 7) is 6.11. The number of aryl methyl sites for hydroxylation is 1. The normalized spacial score (nSPS) is 18.8. The van der Waals surface area contributed by atoms with Crippen molar-refractivity contribution in [2.45, 2.75) is 31.6 Å². The molecule has 0 bridgehead atoms. The SMILES string of the molecule is Cc1cc(C#N)cnc1C(=O)Nc1ccc(F)c(C2CN(C)SC(C)(C)C(N)=N2)c1. The van der Waals surface area contributed by atoms with Gasteiger partial charge in [0.2, 0.25) is 0 Å². The molecule has 9 heteroatoms. The summed E-state index contributed by atoms with van der Waals surface area (Å²) in [5.41, 5.74) is 8.10. The fourth-order valence-electron chi connectivity index (χ4n) is 3.19. The van der Waals surface area contributed by atoms with Gasteiger partial charge in [-0.25, -0.2) is 9.37 Å². The van der Waals surface area contributed by atoms with E-state index < -0.39 is 22.5 Å². The van der Waals surface area contributed by atoms with E-state index in [0.717, 1.165) is 0 Å². The molecule has 3 N–H and O–H groups in total. The van der Waals surface area contributed by atoms with Gasteiger partial charge < -0.3 is 11.1 Å². The molecule has 2 aromatic rings. The molecule has 1 aliphatic rings. The third kappa shape index (κ3) is 4.61. The summed E-state index contributed by atoms with van der Waals surface area (Å²) in [5.74, 6) is -0.416. The molecular weight excluding hydrogens is 403 g/mol. The maximum absolute atomic E-state index is 14.7. The monoisotopic (exact) mass is 426 g/mol. The first-order valence-electron chi connectivity index (χ1n) is 9.32. The van der Waals surface area contributed by atoms with Crippen molar-refractivity contribution in [1.29, 1.82) is 5.26 Å². The molecule has 7 nitrogen and oxygen atoms in total. The Kier molecular flexibility index (Phi) is 6.10. The first-order valence-corrected chi connectivity index (χ1v) is 10.1. The second-order valence-electron chi connectivity index (χ2n) is 7.63. The van der Waals surface area contributed by atoms with Crippen LogP contribution >= 0.6 is 11.9 Å². The summed E-state index contributed by atoms with van der Waals surface area (Å²) in [5, 5.41) is 11.7. The third-order valence-electron chi connectivity index (χ3n) is 4.76. The van der Waals surface area contributed by atoms with Crippen molar-refractivity contribution in [1.82, 2.24) is 9.29 Å². The predicted molar refractivity (Wildman–Crippen MR) is 117 cm³/mol. The summed E-state index contributed by atoms with van der Waals surface area (Å²) >= 11 is 1.55. The van der Waals surface area contributed by atoms with Crippen LogP contribution in [0.5, 0.6) is 0 Å². The number of carbonyl (C=O) groups is 1. The van der Waals surface area contributed by atoms with Crippen LogP contribution in [0.3, 0.4) is 0 Å². The minimum atomic E-state index is -0.504. The number of carbonyl (C=O) groups excluding carboxylic acids is 1. The third-order valence-corrected chi connectivity index (χ3v) is 5.89. The predicted octanol–water partition coefficient (Wildman–Crippen LogP) is 3.42. The van der Waals surface area contributed by atoms with Gasteiger partial charge in [0.25, 0.3) is 5.91 Å². The van der Waals surface area contributed by atoms with Crippen molar-refractivity contribution in [2.24, 2.45) is 10.7 Å². The second-order valence-corrected chi connectivity index (χ2v) is 9.46. The largest absolute Gasteiger partial charge is 0.386 e. The number of pyridine rings is 1. The zero-order chi connectivity index (χ0) is 22.1. The lowest BCUT2D eigenvalue weighted by Gasteiger charge is -2.25. The van der Waals surface area contributed by atoms with E-state index in [4.69, 9.17) is 11.0 Å². The first-order chi connectivity index (χ1) is 14.1. The van der Waals surface area contributed by atoms with Crippen molar-refractivity contribution in [2.75, 3.05) is 18.9 Å². The van der Waals surface area contributed by atoms with Crippen LogP contribution in [0.15, 0.2) is 35.5 Å². The van der Waals surface area contributed by atoms with Gasteiger partial charge in [-0.15, -0.1) is 0 Å². The highest BCUT2D eigenvalue weighted by Crippen LogP contribution is 2.35. The molecule has 1 unspecified atom stereocenters. The molecule has 1 aliphatic heterocycles. The van der Waals surface area contributed by atoms with Crippen LogP contribution in [-0.4, -0.2) is 39.4 Å². The summed E-state index contributed by atoms with van der Waals surface area (Å²) in [6.07, 6.45) is 1.34. The van der Waals surface area contributed by atoms with Crippen molar-refractivity contribution >= 4 is 29.4 Å². The number of likely N-dealkylation sites (N-methyl/N-ethyl adjacent to an activating group) is 1. The molecule has 0 radical (unpaired) electrons. The van der Waals surface area contributed by atoms with Crippen LogP contribution in [0.25, 0.3) is 0 Å². The Labute approximate surface area is 179 Å². The lowest BCUT2D eigenvalue weighted by atomic mass is 10.0. The Hall–Kier alpha value is -2.96. The number of aliphatic imine (C=N–C) groups is 1. The number of nitrogens with two attached hydrogens (primary N) is 1. The number of nitrogens with zero attached hydrogens (tertiary/aromatic N) is 4. The molecule has 3 rings (SSSR count). The molecule has 156 valence electrons. The van der Waals surface area contributed by atoms with E-state index in [1.807, 2.05) is 31.3 Å². The van der Waals surface area contributed by atoms with Gasteiger partial charge in [-0.05, 0) is 57.6 Å². The number of aromatic nitrogens is 1. The Morgan fingerprint density at radius 3 is 2.83 bits per heavy atom. The lowest BCUT2D eigenvalue weighted by Crippen LogP contribution is -2.36. The highest BCUT2D eigenvalue weighted by molar-refractivity contribution is 7.99. The number of rotatable bonds is 3. The van der Waals surface area contributed by atoms with Gasteiger partial charge in [0.15, 0.2) is 0 Å². The van der Waals surface area contributed by atoms with Gasteiger partial charge in [0.05, 0.1) is 16.4 Å². The molecule has 1 aromatic carbocycles. The topological polar surface area (TPSA) is 107 Å². The zero-order valence-corrected chi connectivity index (χ0v) is 18.0. The van der Waals surface area contributed by atoms with Gasteiger partial charge in [-0.3, -0.25) is 14.1 Å². The van der Waals surface area contributed by atoms with Crippen LogP contribution in [-0.2, 0) is 0 Å². The summed E-state index contributed by atoms with van der Waals surface area (Å²) in [4.78, 5) is 21.3. The molecule has 1 aromatic heterocycles. The summed E-state index contributed by atoms with van der Waals surface area (Å²) in [6, 6.07) is 7.44. The Bertz CT molecular complexity index is 1060. The summed E-state index contributed by atoms with van der Waals surface area (Å²) in [7, 11) is 1.91. The lowest BCUT2D eigenvalue weighted by molar-refractivity contribution is 0.102. The Morgan fingerprint density at radius 2 is 2.17 bits per heavy atom. The molecule has 0 spiro atoms.